The molecule has 1 aromatic carbocycles. The maximum absolute atomic E-state index is 12.2. The molecule has 3 rings (SSSR count). The van der Waals surface area contributed by atoms with E-state index in [-0.39, 0.29) is 17.1 Å². The summed E-state index contributed by atoms with van der Waals surface area (Å²) in [6.45, 7) is 12.7. The molecule has 2 heterocycles. The fraction of sp³-hybridized carbons (Fsp3) is 0.333. The molecule has 0 radical (unpaired) electrons. The van der Waals surface area contributed by atoms with Crippen LogP contribution >= 0.6 is 11.8 Å². The Balaban J connectivity index is 1.74. The number of carbonyl (C=O) groups is 1. The minimum absolute atomic E-state index is 0.0870. The van der Waals surface area contributed by atoms with Crippen LogP contribution in [0.1, 0.15) is 32.0 Å². The van der Waals surface area contributed by atoms with Gasteiger partial charge in [-0.1, -0.05) is 68.0 Å². The molecule has 3 aromatic rings. The lowest BCUT2D eigenvalue weighted by molar-refractivity contribution is -0.113. The van der Waals surface area contributed by atoms with Gasteiger partial charge in [-0.3, -0.25) is 14.7 Å². The molecule has 0 aliphatic carbocycles. The predicted molar refractivity (Wildman–Crippen MR) is 115 cm³/mol. The summed E-state index contributed by atoms with van der Waals surface area (Å²) in [6.07, 6.45) is 1.79. The second-order valence-corrected chi connectivity index (χ2v) is 8.64. The van der Waals surface area contributed by atoms with Crippen molar-refractivity contribution < 1.29 is 9.32 Å². The molecular weight excluding hydrogens is 386 g/mol. The largest absolute Gasteiger partial charge is 0.338 e. The number of hydrogen-bond acceptors (Lipinski definition) is 6. The van der Waals surface area contributed by atoms with Crippen molar-refractivity contribution in [1.29, 1.82) is 0 Å². The Bertz CT molecular complexity index is 999. The van der Waals surface area contributed by atoms with Gasteiger partial charge in [0.2, 0.25) is 11.8 Å². The topological polar surface area (TPSA) is 85.8 Å². The van der Waals surface area contributed by atoms with Crippen molar-refractivity contribution in [2.45, 2.75) is 44.8 Å². The number of rotatable bonds is 7. The van der Waals surface area contributed by atoms with Gasteiger partial charge in [0.15, 0.2) is 11.0 Å². The van der Waals surface area contributed by atoms with E-state index in [4.69, 9.17) is 4.52 Å². The third-order valence-electron chi connectivity index (χ3n) is 4.26. The van der Waals surface area contributed by atoms with E-state index in [0.29, 0.717) is 23.3 Å². The number of hydrogen-bond donors (Lipinski definition) is 1. The van der Waals surface area contributed by atoms with Crippen molar-refractivity contribution in [3.8, 4) is 11.4 Å². The van der Waals surface area contributed by atoms with Crippen LogP contribution in [0, 0.1) is 6.92 Å². The van der Waals surface area contributed by atoms with Crippen molar-refractivity contribution in [2.24, 2.45) is 0 Å². The van der Waals surface area contributed by atoms with E-state index >= 15 is 0 Å². The van der Waals surface area contributed by atoms with Crippen LogP contribution in [0.2, 0.25) is 0 Å². The SMILES string of the molecule is C=CCn1c(SCC(=O)Nc2cc(C)no2)nnc1-c1ccc(C(C)(C)C)cc1. The van der Waals surface area contributed by atoms with E-state index < -0.39 is 0 Å². The number of anilines is 1. The van der Waals surface area contributed by atoms with Gasteiger partial charge < -0.3 is 4.52 Å². The molecule has 29 heavy (non-hydrogen) atoms. The van der Waals surface area contributed by atoms with E-state index in [1.54, 1.807) is 19.1 Å². The van der Waals surface area contributed by atoms with Crippen LogP contribution in [0.4, 0.5) is 5.88 Å². The number of nitrogens with zero attached hydrogens (tertiary/aromatic N) is 4. The Morgan fingerprint density at radius 3 is 2.59 bits per heavy atom. The number of thioether (sulfide) groups is 1. The summed E-state index contributed by atoms with van der Waals surface area (Å²) in [5.74, 6) is 1.06. The van der Waals surface area contributed by atoms with Gasteiger partial charge in [0.1, 0.15) is 0 Å². The average Bonchev–Trinajstić information content (AvgIpc) is 3.26. The van der Waals surface area contributed by atoms with Gasteiger partial charge in [0.05, 0.1) is 11.4 Å². The number of benzene rings is 1. The van der Waals surface area contributed by atoms with E-state index in [1.165, 1.54) is 17.3 Å². The molecule has 0 atom stereocenters. The van der Waals surface area contributed by atoms with E-state index in [2.05, 4.69) is 72.3 Å². The minimum Gasteiger partial charge on any atom is -0.338 e. The summed E-state index contributed by atoms with van der Waals surface area (Å²) < 4.78 is 6.96. The van der Waals surface area contributed by atoms with Crippen molar-refractivity contribution in [1.82, 2.24) is 19.9 Å². The van der Waals surface area contributed by atoms with Crippen LogP contribution < -0.4 is 5.32 Å². The zero-order valence-electron chi connectivity index (χ0n) is 17.1. The zero-order valence-corrected chi connectivity index (χ0v) is 17.9. The molecule has 0 unspecified atom stereocenters. The lowest BCUT2D eigenvalue weighted by atomic mass is 9.87. The molecule has 1 N–H and O–H groups in total. The smallest absolute Gasteiger partial charge is 0.237 e. The Morgan fingerprint density at radius 1 is 1.28 bits per heavy atom. The first-order valence-corrected chi connectivity index (χ1v) is 10.3. The number of aromatic nitrogens is 4. The molecule has 0 spiro atoms. The van der Waals surface area contributed by atoms with Gasteiger partial charge in [-0.25, -0.2) is 0 Å². The van der Waals surface area contributed by atoms with Crippen molar-refractivity contribution in [3.05, 3.63) is 54.2 Å². The van der Waals surface area contributed by atoms with Gasteiger partial charge in [0, 0.05) is 18.2 Å². The second kappa shape index (κ2) is 8.65. The fourth-order valence-electron chi connectivity index (χ4n) is 2.75. The van der Waals surface area contributed by atoms with E-state index in [9.17, 15) is 4.79 Å². The molecule has 0 aliphatic rings. The first-order chi connectivity index (χ1) is 13.8. The van der Waals surface area contributed by atoms with Crippen molar-refractivity contribution >= 4 is 23.6 Å². The van der Waals surface area contributed by atoms with Crippen LogP contribution in [0.5, 0.6) is 0 Å². The summed E-state index contributed by atoms with van der Waals surface area (Å²) in [5, 5.41) is 15.7. The number of nitrogens with one attached hydrogen (secondary N) is 1. The van der Waals surface area contributed by atoms with Gasteiger partial charge in [-0.15, -0.1) is 16.8 Å². The molecule has 0 fully saturated rings. The highest BCUT2D eigenvalue weighted by Crippen LogP contribution is 2.28. The van der Waals surface area contributed by atoms with Crippen LogP contribution in [0.25, 0.3) is 11.4 Å². The summed E-state index contributed by atoms with van der Waals surface area (Å²) in [6, 6.07) is 10.0. The van der Waals surface area contributed by atoms with Crippen LogP contribution in [-0.4, -0.2) is 31.6 Å². The number of carbonyl (C=O) groups excluding carboxylic acids is 1. The summed E-state index contributed by atoms with van der Waals surface area (Å²) in [5.41, 5.74) is 3.02. The molecule has 0 saturated carbocycles. The van der Waals surface area contributed by atoms with Crippen LogP contribution in [-0.2, 0) is 16.8 Å². The van der Waals surface area contributed by atoms with Gasteiger partial charge in [0.25, 0.3) is 0 Å². The van der Waals surface area contributed by atoms with Gasteiger partial charge in [-0.2, -0.15) is 0 Å². The summed E-state index contributed by atoms with van der Waals surface area (Å²) >= 11 is 1.31. The van der Waals surface area contributed by atoms with Crippen LogP contribution in [0.3, 0.4) is 0 Å². The third kappa shape index (κ3) is 5.14. The van der Waals surface area contributed by atoms with E-state index in [0.717, 1.165) is 11.4 Å². The molecule has 8 heteroatoms. The molecule has 152 valence electrons. The van der Waals surface area contributed by atoms with Crippen molar-refractivity contribution in [3.63, 3.8) is 0 Å². The zero-order chi connectivity index (χ0) is 21.0. The summed E-state index contributed by atoms with van der Waals surface area (Å²) in [7, 11) is 0. The van der Waals surface area contributed by atoms with Crippen LogP contribution in [0.15, 0.2) is 52.7 Å². The molecule has 0 bridgehead atoms. The summed E-state index contributed by atoms with van der Waals surface area (Å²) in [4.78, 5) is 12.2. The highest BCUT2D eigenvalue weighted by molar-refractivity contribution is 7.99. The van der Waals surface area contributed by atoms with Gasteiger partial charge in [-0.05, 0) is 17.9 Å². The highest BCUT2D eigenvalue weighted by Gasteiger charge is 2.17. The Kier molecular flexibility index (Phi) is 6.22. The molecule has 0 aliphatic heterocycles. The highest BCUT2D eigenvalue weighted by atomic mass is 32.2. The van der Waals surface area contributed by atoms with E-state index in [1.807, 2.05) is 4.57 Å². The molecule has 7 nitrogen and oxygen atoms in total. The predicted octanol–water partition coefficient (Wildman–Crippen LogP) is 4.46. The standard InChI is InChI=1S/C21H25N5O2S/c1-6-11-26-19(15-7-9-16(10-8-15)21(3,4)5)23-24-20(26)29-13-17(27)22-18-12-14(2)25-28-18/h6-10,12H,1,11,13H2,2-5H3,(H,22,27). The fourth-order valence-corrected chi connectivity index (χ4v) is 3.50. The Hall–Kier alpha value is -2.87. The monoisotopic (exact) mass is 411 g/mol. The lowest BCUT2D eigenvalue weighted by Crippen LogP contribution is -2.14. The second-order valence-electron chi connectivity index (χ2n) is 7.70. The number of aryl methyl sites for hydroxylation is 1. The number of amides is 1. The van der Waals surface area contributed by atoms with Crippen molar-refractivity contribution in [2.75, 3.05) is 11.1 Å². The first-order valence-electron chi connectivity index (χ1n) is 9.29. The molecule has 1 amide bonds. The minimum atomic E-state index is -0.199. The first kappa shape index (κ1) is 20.9. The average molecular weight is 412 g/mol. The quantitative estimate of drug-likeness (QED) is 0.456. The Morgan fingerprint density at radius 2 is 2.00 bits per heavy atom. The molecule has 0 saturated heterocycles. The normalized spacial score (nSPS) is 11.4. The molecular formula is C21H25N5O2S. The lowest BCUT2D eigenvalue weighted by Gasteiger charge is -2.19. The molecule has 2 aromatic heterocycles. The maximum atomic E-state index is 12.2. The van der Waals surface area contributed by atoms with Gasteiger partial charge >= 0.3 is 0 Å². The third-order valence-corrected chi connectivity index (χ3v) is 5.23. The maximum Gasteiger partial charge on any atom is 0.237 e. The Labute approximate surface area is 174 Å². The number of allylic oxidation sites excluding steroid dienone is 1.